The van der Waals surface area contributed by atoms with Crippen molar-refractivity contribution in [3.8, 4) is 0 Å². The topological polar surface area (TPSA) is 68.2 Å². The fourth-order valence-electron chi connectivity index (χ4n) is 3.60. The molecule has 1 unspecified atom stereocenters. The van der Waals surface area contributed by atoms with Crippen molar-refractivity contribution < 1.29 is 9.59 Å². The molecule has 2 amide bonds. The quantitative estimate of drug-likeness (QED) is 0.375. The number of halogens is 1. The highest BCUT2D eigenvalue weighted by Gasteiger charge is 2.46. The van der Waals surface area contributed by atoms with Crippen LogP contribution in [0.2, 0.25) is 0 Å². The third-order valence-electron chi connectivity index (χ3n) is 5.79. The van der Waals surface area contributed by atoms with E-state index in [-0.39, 0.29) is 48.9 Å². The minimum Gasteiger partial charge on any atom is -0.347 e. The summed E-state index contributed by atoms with van der Waals surface area (Å²) in [4.78, 5) is 33.7. The largest absolute Gasteiger partial charge is 0.347 e. The van der Waals surface area contributed by atoms with Crippen LogP contribution in [0.4, 0.5) is 0 Å². The maximum absolute atomic E-state index is 11.9. The predicted molar refractivity (Wildman–Crippen MR) is 115 cm³/mol. The Labute approximate surface area is 174 Å². The number of likely N-dealkylation sites (N-methyl/N-ethyl adjacent to an activating group) is 2. The van der Waals surface area contributed by atoms with E-state index in [1.165, 1.54) is 24.2 Å². The Balaban J connectivity index is 0.00000338. The monoisotopic (exact) mass is 479 g/mol. The zero-order valence-electron chi connectivity index (χ0n) is 16.7. The van der Waals surface area contributed by atoms with E-state index in [0.29, 0.717) is 11.4 Å². The minimum absolute atomic E-state index is 0. The Morgan fingerprint density at radius 3 is 2.27 bits per heavy atom. The van der Waals surface area contributed by atoms with Gasteiger partial charge in [-0.05, 0) is 30.6 Å². The average Bonchev–Trinajstić information content (AvgIpc) is 2.53. The molecule has 0 aromatic heterocycles. The van der Waals surface area contributed by atoms with E-state index >= 15 is 0 Å². The Morgan fingerprint density at radius 1 is 1.15 bits per heavy atom. The Hall–Kier alpha value is -1.06. The number of rotatable bonds is 4. The molecule has 0 aromatic rings. The van der Waals surface area contributed by atoms with Gasteiger partial charge in [-0.25, -0.2) is 4.99 Å². The van der Waals surface area contributed by atoms with Crippen LogP contribution in [0.1, 0.15) is 32.6 Å². The molecule has 150 valence electrons. The van der Waals surface area contributed by atoms with Gasteiger partial charge in [0.2, 0.25) is 11.8 Å². The molecule has 1 saturated heterocycles. The minimum atomic E-state index is -0.0398. The van der Waals surface area contributed by atoms with E-state index in [1.807, 2.05) is 0 Å². The second-order valence-electron chi connectivity index (χ2n) is 7.90. The van der Waals surface area contributed by atoms with Gasteiger partial charge in [-0.15, -0.1) is 24.0 Å². The number of nitrogens with zero attached hydrogens (tertiary/aromatic N) is 4. The summed E-state index contributed by atoms with van der Waals surface area (Å²) in [7, 11) is 6.93. The molecule has 1 spiro atoms. The predicted octanol–water partition coefficient (Wildman–Crippen LogP) is 1.24. The van der Waals surface area contributed by atoms with Gasteiger partial charge in [-0.3, -0.25) is 9.59 Å². The van der Waals surface area contributed by atoms with Crippen LogP contribution in [0, 0.1) is 11.3 Å². The number of guanidine groups is 1. The first kappa shape index (κ1) is 23.0. The van der Waals surface area contributed by atoms with Gasteiger partial charge in [0.25, 0.3) is 0 Å². The maximum Gasteiger partial charge on any atom is 0.243 e. The van der Waals surface area contributed by atoms with Crippen LogP contribution in [-0.4, -0.2) is 86.8 Å². The molecule has 1 atom stereocenters. The number of amides is 2. The highest BCUT2D eigenvalue weighted by molar-refractivity contribution is 14.0. The molecule has 8 heteroatoms. The third-order valence-corrected chi connectivity index (χ3v) is 5.79. The fourth-order valence-corrected chi connectivity index (χ4v) is 3.60. The zero-order chi connectivity index (χ0) is 18.6. The molecule has 1 aliphatic carbocycles. The van der Waals surface area contributed by atoms with Crippen LogP contribution in [-0.2, 0) is 9.59 Å². The number of likely N-dealkylation sites (tertiary alicyclic amines) is 1. The Bertz CT molecular complexity index is 532. The first-order valence-corrected chi connectivity index (χ1v) is 9.19. The van der Waals surface area contributed by atoms with E-state index < -0.39 is 0 Å². The van der Waals surface area contributed by atoms with Gasteiger partial charge in [0.1, 0.15) is 6.54 Å². The molecule has 2 rings (SSSR count). The van der Waals surface area contributed by atoms with Crippen LogP contribution in [0.25, 0.3) is 0 Å². The van der Waals surface area contributed by atoms with E-state index in [0.717, 1.165) is 25.4 Å². The van der Waals surface area contributed by atoms with E-state index in [9.17, 15) is 9.59 Å². The standard InChI is InChI=1S/C18H33N5O2.HI/c1-14-7-10-23(13-18(14)8-6-9-18)17(19-11-15(24)21(2)3)20-12-16(25)22(4)5;/h14H,6-13H2,1-5H3,(H,19,20);1H. The van der Waals surface area contributed by atoms with Gasteiger partial charge in [0.15, 0.2) is 5.96 Å². The average molecular weight is 479 g/mol. The molecule has 7 nitrogen and oxygen atoms in total. The van der Waals surface area contributed by atoms with Gasteiger partial charge >= 0.3 is 0 Å². The van der Waals surface area contributed by atoms with Gasteiger partial charge in [0.05, 0.1) is 6.54 Å². The number of aliphatic imine (C=N–C) groups is 1. The van der Waals surface area contributed by atoms with Gasteiger partial charge < -0.3 is 20.0 Å². The lowest BCUT2D eigenvalue weighted by molar-refractivity contribution is -0.127. The molecule has 2 aliphatic rings. The Kier molecular flexibility index (Phi) is 8.62. The lowest BCUT2D eigenvalue weighted by Crippen LogP contribution is -2.56. The van der Waals surface area contributed by atoms with Crippen molar-refractivity contribution in [3.05, 3.63) is 0 Å². The molecule has 1 heterocycles. The normalized spacial score (nSPS) is 21.5. The van der Waals surface area contributed by atoms with E-state index in [4.69, 9.17) is 0 Å². The van der Waals surface area contributed by atoms with Crippen LogP contribution in [0.5, 0.6) is 0 Å². The molecule has 1 saturated carbocycles. The molecule has 2 fully saturated rings. The summed E-state index contributed by atoms with van der Waals surface area (Å²) in [6.07, 6.45) is 4.97. The second kappa shape index (κ2) is 9.75. The molecule has 1 aliphatic heterocycles. The van der Waals surface area contributed by atoms with Crippen molar-refractivity contribution in [2.75, 3.05) is 54.4 Å². The van der Waals surface area contributed by atoms with Crippen molar-refractivity contribution in [2.24, 2.45) is 16.3 Å². The van der Waals surface area contributed by atoms with Crippen molar-refractivity contribution in [1.82, 2.24) is 20.0 Å². The summed E-state index contributed by atoms with van der Waals surface area (Å²) >= 11 is 0. The summed E-state index contributed by atoms with van der Waals surface area (Å²) in [5.41, 5.74) is 0.387. The summed E-state index contributed by atoms with van der Waals surface area (Å²) in [6, 6.07) is 0. The summed E-state index contributed by atoms with van der Waals surface area (Å²) in [5, 5.41) is 3.18. The van der Waals surface area contributed by atoms with Crippen molar-refractivity contribution in [3.63, 3.8) is 0 Å². The first-order valence-electron chi connectivity index (χ1n) is 9.19. The van der Waals surface area contributed by atoms with E-state index in [1.54, 1.807) is 33.1 Å². The fraction of sp³-hybridized carbons (Fsp3) is 0.833. The van der Waals surface area contributed by atoms with Gasteiger partial charge in [0, 0.05) is 41.3 Å². The van der Waals surface area contributed by atoms with E-state index in [2.05, 4.69) is 22.1 Å². The molecule has 26 heavy (non-hydrogen) atoms. The van der Waals surface area contributed by atoms with Crippen LogP contribution < -0.4 is 5.32 Å². The Morgan fingerprint density at radius 2 is 1.77 bits per heavy atom. The van der Waals surface area contributed by atoms with Crippen molar-refractivity contribution in [1.29, 1.82) is 0 Å². The first-order chi connectivity index (χ1) is 11.7. The second-order valence-corrected chi connectivity index (χ2v) is 7.90. The SMILES string of the molecule is CC1CCN(C(=NCC(=O)N(C)C)NCC(=O)N(C)C)CC12CCC2.I. The maximum atomic E-state index is 11.9. The van der Waals surface area contributed by atoms with Gasteiger partial charge in [-0.2, -0.15) is 0 Å². The summed E-state index contributed by atoms with van der Waals surface area (Å²) < 4.78 is 0. The number of nitrogens with one attached hydrogen (secondary N) is 1. The smallest absolute Gasteiger partial charge is 0.243 e. The number of hydrogen-bond acceptors (Lipinski definition) is 3. The number of hydrogen-bond donors (Lipinski definition) is 1. The highest BCUT2D eigenvalue weighted by atomic mass is 127. The van der Waals surface area contributed by atoms with Crippen LogP contribution in [0.15, 0.2) is 4.99 Å². The number of piperidine rings is 1. The zero-order valence-corrected chi connectivity index (χ0v) is 19.1. The molecular weight excluding hydrogens is 445 g/mol. The van der Waals surface area contributed by atoms with Crippen LogP contribution in [0.3, 0.4) is 0 Å². The molecule has 0 aromatic carbocycles. The lowest BCUT2D eigenvalue weighted by Gasteiger charge is -2.53. The van der Waals surface area contributed by atoms with Crippen molar-refractivity contribution in [2.45, 2.75) is 32.6 Å². The lowest BCUT2D eigenvalue weighted by atomic mass is 9.59. The summed E-state index contributed by atoms with van der Waals surface area (Å²) in [6.45, 7) is 4.53. The summed E-state index contributed by atoms with van der Waals surface area (Å²) in [5.74, 6) is 1.37. The van der Waals surface area contributed by atoms with Crippen molar-refractivity contribution >= 4 is 41.8 Å². The number of carbonyl (C=O) groups excluding carboxylic acids is 2. The molecule has 0 radical (unpaired) electrons. The van der Waals surface area contributed by atoms with Gasteiger partial charge in [-0.1, -0.05) is 13.3 Å². The number of carbonyl (C=O) groups is 2. The third kappa shape index (κ3) is 5.47. The molecular formula is C18H34IN5O2. The highest BCUT2D eigenvalue weighted by Crippen LogP contribution is 2.50. The molecule has 0 bridgehead atoms. The molecule has 1 N–H and O–H groups in total. The van der Waals surface area contributed by atoms with Crippen LogP contribution >= 0.6 is 24.0 Å².